The van der Waals surface area contributed by atoms with Crippen molar-refractivity contribution >= 4 is 40.6 Å². The monoisotopic (exact) mass is 311 g/mol. The van der Waals surface area contributed by atoms with Crippen LogP contribution in [0, 0.1) is 0 Å². The van der Waals surface area contributed by atoms with Crippen LogP contribution in [0.4, 0.5) is 5.69 Å². The number of nitrogens with zero attached hydrogens (tertiary/aromatic N) is 1. The number of nitrogens with two attached hydrogens (primary N) is 1. The molecule has 4 nitrogen and oxygen atoms in total. The molecular weight excluding hydrogens is 290 g/mol. The Hall–Kier alpha value is -1.11. The molecule has 0 fully saturated rings. The summed E-state index contributed by atoms with van der Waals surface area (Å²) in [7, 11) is 1.94. The van der Waals surface area contributed by atoms with Crippen LogP contribution in [0.25, 0.3) is 0 Å². The van der Waals surface area contributed by atoms with Crippen molar-refractivity contribution < 1.29 is 4.79 Å². The molecule has 20 heavy (non-hydrogen) atoms. The van der Waals surface area contributed by atoms with E-state index in [1.54, 1.807) is 23.9 Å². The number of benzene rings is 1. The van der Waals surface area contributed by atoms with Gasteiger partial charge in [-0.3, -0.25) is 9.69 Å². The van der Waals surface area contributed by atoms with Gasteiger partial charge in [-0.05, 0) is 32.4 Å². The normalized spacial score (nSPS) is 12.2. The van der Waals surface area contributed by atoms with E-state index in [1.807, 2.05) is 31.0 Å². The van der Waals surface area contributed by atoms with Crippen molar-refractivity contribution in [3.05, 3.63) is 29.8 Å². The van der Waals surface area contributed by atoms with Crippen molar-refractivity contribution in [2.75, 3.05) is 30.9 Å². The lowest BCUT2D eigenvalue weighted by Crippen LogP contribution is -2.40. The van der Waals surface area contributed by atoms with E-state index in [-0.39, 0.29) is 16.9 Å². The van der Waals surface area contributed by atoms with Gasteiger partial charge in [-0.25, -0.2) is 0 Å². The lowest BCUT2D eigenvalue weighted by Gasteiger charge is -2.23. The van der Waals surface area contributed by atoms with Crippen molar-refractivity contribution in [2.24, 2.45) is 5.73 Å². The zero-order valence-electron chi connectivity index (χ0n) is 12.1. The Balaban J connectivity index is 2.73. The van der Waals surface area contributed by atoms with Gasteiger partial charge >= 0.3 is 0 Å². The molecule has 6 heteroatoms. The molecule has 0 bridgehead atoms. The number of thiocarbonyl (C=S) groups is 1. The second kappa shape index (κ2) is 8.24. The molecule has 0 aromatic heterocycles. The van der Waals surface area contributed by atoms with Crippen molar-refractivity contribution in [1.82, 2.24) is 4.90 Å². The summed E-state index contributed by atoms with van der Waals surface area (Å²) in [6.07, 6.45) is 2.05. The highest BCUT2D eigenvalue weighted by Crippen LogP contribution is 2.15. The first kappa shape index (κ1) is 16.9. The van der Waals surface area contributed by atoms with Gasteiger partial charge in [0.1, 0.15) is 4.99 Å². The topological polar surface area (TPSA) is 58.4 Å². The molecule has 0 aliphatic heterocycles. The van der Waals surface area contributed by atoms with Gasteiger partial charge in [0.2, 0.25) is 5.91 Å². The van der Waals surface area contributed by atoms with Gasteiger partial charge < -0.3 is 11.1 Å². The Labute approximate surface area is 130 Å². The minimum Gasteiger partial charge on any atom is -0.389 e. The minimum atomic E-state index is -0.207. The van der Waals surface area contributed by atoms with Crippen LogP contribution in [0.2, 0.25) is 0 Å². The standard InChI is InChI=1S/C14H21N3OS2/c1-10(17(2)8-9-20-3)14(18)16-12-7-5-4-6-11(12)13(15)19/h4-7,10H,8-9H2,1-3H3,(H2,15,19)(H,16,18). The smallest absolute Gasteiger partial charge is 0.241 e. The van der Waals surface area contributed by atoms with E-state index in [0.29, 0.717) is 11.3 Å². The number of anilines is 1. The Morgan fingerprint density at radius 3 is 2.75 bits per heavy atom. The maximum atomic E-state index is 12.2. The van der Waals surface area contributed by atoms with Crippen molar-refractivity contribution in [3.8, 4) is 0 Å². The number of para-hydroxylation sites is 1. The molecule has 1 rings (SSSR count). The number of hydrogen-bond acceptors (Lipinski definition) is 4. The summed E-state index contributed by atoms with van der Waals surface area (Å²) in [4.78, 5) is 14.6. The van der Waals surface area contributed by atoms with Crippen LogP contribution in [0.3, 0.4) is 0 Å². The number of thioether (sulfide) groups is 1. The number of nitrogens with one attached hydrogen (secondary N) is 1. The first-order valence-corrected chi connectivity index (χ1v) is 8.16. The molecule has 1 atom stereocenters. The van der Waals surface area contributed by atoms with Crippen molar-refractivity contribution in [1.29, 1.82) is 0 Å². The van der Waals surface area contributed by atoms with Crippen LogP contribution in [-0.4, -0.2) is 47.4 Å². The predicted molar refractivity (Wildman–Crippen MR) is 91.4 cm³/mol. The molecule has 1 unspecified atom stereocenters. The molecule has 1 aromatic rings. The fraction of sp³-hybridized carbons (Fsp3) is 0.429. The van der Waals surface area contributed by atoms with Crippen molar-refractivity contribution in [2.45, 2.75) is 13.0 Å². The summed E-state index contributed by atoms with van der Waals surface area (Å²) in [5.74, 6) is 0.940. The van der Waals surface area contributed by atoms with Gasteiger partial charge in [-0.15, -0.1) is 0 Å². The molecule has 1 aromatic carbocycles. The van der Waals surface area contributed by atoms with E-state index in [4.69, 9.17) is 18.0 Å². The number of hydrogen-bond donors (Lipinski definition) is 2. The molecule has 0 aliphatic rings. The molecular formula is C14H21N3OS2. The van der Waals surface area contributed by atoms with E-state index in [2.05, 4.69) is 11.6 Å². The van der Waals surface area contributed by atoms with Crippen LogP contribution in [0.5, 0.6) is 0 Å². The molecule has 1 amide bonds. The Bertz CT molecular complexity index is 479. The fourth-order valence-corrected chi connectivity index (χ4v) is 2.32. The molecule has 0 spiro atoms. The lowest BCUT2D eigenvalue weighted by atomic mass is 10.1. The number of carbonyl (C=O) groups is 1. The molecule has 0 heterocycles. The van der Waals surface area contributed by atoms with Crippen LogP contribution >= 0.6 is 24.0 Å². The summed E-state index contributed by atoms with van der Waals surface area (Å²) >= 11 is 6.75. The third-order valence-corrected chi connectivity index (χ3v) is 3.95. The summed E-state index contributed by atoms with van der Waals surface area (Å²) < 4.78 is 0. The van der Waals surface area contributed by atoms with Gasteiger partial charge in [-0.1, -0.05) is 24.4 Å². The summed E-state index contributed by atoms with van der Waals surface area (Å²) in [6, 6.07) is 7.10. The largest absolute Gasteiger partial charge is 0.389 e. The van der Waals surface area contributed by atoms with E-state index < -0.39 is 0 Å². The first-order chi connectivity index (χ1) is 9.47. The van der Waals surface area contributed by atoms with Gasteiger partial charge in [0.15, 0.2) is 0 Å². The maximum absolute atomic E-state index is 12.2. The number of rotatable bonds is 7. The average molecular weight is 311 g/mol. The van der Waals surface area contributed by atoms with E-state index in [1.165, 1.54) is 0 Å². The van der Waals surface area contributed by atoms with Crippen LogP contribution < -0.4 is 11.1 Å². The Kier molecular flexibility index (Phi) is 6.98. The van der Waals surface area contributed by atoms with Crippen LogP contribution in [-0.2, 0) is 4.79 Å². The van der Waals surface area contributed by atoms with Crippen LogP contribution in [0.15, 0.2) is 24.3 Å². The summed E-state index contributed by atoms with van der Waals surface area (Å²) in [6.45, 7) is 2.76. The highest BCUT2D eigenvalue weighted by molar-refractivity contribution is 7.98. The number of likely N-dealkylation sites (N-methyl/N-ethyl adjacent to an activating group) is 1. The molecule has 3 N–H and O–H groups in total. The van der Waals surface area contributed by atoms with Crippen molar-refractivity contribution in [3.63, 3.8) is 0 Å². The third kappa shape index (κ3) is 4.77. The zero-order valence-corrected chi connectivity index (χ0v) is 13.7. The Morgan fingerprint density at radius 2 is 2.15 bits per heavy atom. The highest BCUT2D eigenvalue weighted by Gasteiger charge is 2.18. The highest BCUT2D eigenvalue weighted by atomic mass is 32.2. The van der Waals surface area contributed by atoms with Gasteiger partial charge in [0.05, 0.1) is 11.7 Å². The average Bonchev–Trinajstić information content (AvgIpc) is 2.44. The lowest BCUT2D eigenvalue weighted by molar-refractivity contribution is -0.120. The molecule has 0 radical (unpaired) electrons. The van der Waals surface area contributed by atoms with Gasteiger partial charge in [0.25, 0.3) is 0 Å². The predicted octanol–water partition coefficient (Wildman–Crippen LogP) is 1.94. The molecule has 110 valence electrons. The van der Waals surface area contributed by atoms with E-state index >= 15 is 0 Å². The molecule has 0 saturated carbocycles. The fourth-order valence-electron chi connectivity index (χ4n) is 1.67. The SMILES string of the molecule is CSCCN(C)C(C)C(=O)Nc1ccccc1C(N)=S. The number of carbonyl (C=O) groups excluding carboxylic acids is 1. The van der Waals surface area contributed by atoms with E-state index in [0.717, 1.165) is 12.3 Å². The quantitative estimate of drug-likeness (QED) is 0.754. The second-order valence-electron chi connectivity index (χ2n) is 4.55. The summed E-state index contributed by atoms with van der Waals surface area (Å²) in [5.41, 5.74) is 7.01. The summed E-state index contributed by atoms with van der Waals surface area (Å²) in [5, 5.41) is 2.89. The van der Waals surface area contributed by atoms with Gasteiger partial charge in [-0.2, -0.15) is 11.8 Å². The molecule has 0 saturated heterocycles. The third-order valence-electron chi connectivity index (χ3n) is 3.14. The molecule has 0 aliphatic carbocycles. The Morgan fingerprint density at radius 1 is 1.50 bits per heavy atom. The second-order valence-corrected chi connectivity index (χ2v) is 5.97. The van der Waals surface area contributed by atoms with Crippen LogP contribution in [0.1, 0.15) is 12.5 Å². The zero-order chi connectivity index (χ0) is 15.1. The van der Waals surface area contributed by atoms with E-state index in [9.17, 15) is 4.79 Å². The first-order valence-electron chi connectivity index (χ1n) is 6.36. The maximum Gasteiger partial charge on any atom is 0.241 e. The number of amides is 1. The minimum absolute atomic E-state index is 0.0581. The van der Waals surface area contributed by atoms with Gasteiger partial charge in [0, 0.05) is 17.9 Å².